The first-order valence-electron chi connectivity index (χ1n) is 7.29. The zero-order valence-electron chi connectivity index (χ0n) is 12.6. The van der Waals surface area contributed by atoms with Gasteiger partial charge < -0.3 is 5.11 Å². The molecule has 1 saturated heterocycles. The first-order valence-corrected chi connectivity index (χ1v) is 7.29. The van der Waals surface area contributed by atoms with Crippen molar-refractivity contribution in [3.63, 3.8) is 0 Å². The average Bonchev–Trinajstić information content (AvgIpc) is 2.40. The molecule has 0 saturated carbocycles. The lowest BCUT2D eigenvalue weighted by Gasteiger charge is -2.45. The van der Waals surface area contributed by atoms with Crippen molar-refractivity contribution in [3.8, 4) is 6.07 Å². The number of aliphatic hydroxyl groups is 1. The van der Waals surface area contributed by atoms with Crippen LogP contribution in [0.25, 0.3) is 0 Å². The highest BCUT2D eigenvalue weighted by atomic mass is 16.3. The van der Waals surface area contributed by atoms with Gasteiger partial charge in [-0.25, -0.2) is 0 Å². The summed E-state index contributed by atoms with van der Waals surface area (Å²) in [7, 11) is 0. The largest absolute Gasteiger partial charge is 0.388 e. The number of piperidine rings is 1. The maximum absolute atomic E-state index is 10.9. The average molecular weight is 272 g/mol. The fraction of sp³-hybridized carbons (Fsp3) is 0.588. The van der Waals surface area contributed by atoms with Gasteiger partial charge in [0.1, 0.15) is 5.92 Å². The molecule has 1 aromatic rings. The molecule has 1 fully saturated rings. The first kappa shape index (κ1) is 15.0. The third-order valence-corrected chi connectivity index (χ3v) is 4.38. The van der Waals surface area contributed by atoms with Gasteiger partial charge in [0.2, 0.25) is 0 Å². The van der Waals surface area contributed by atoms with Gasteiger partial charge in [-0.3, -0.25) is 4.90 Å². The van der Waals surface area contributed by atoms with E-state index in [0.29, 0.717) is 12.8 Å². The van der Waals surface area contributed by atoms with E-state index in [1.807, 2.05) is 30.3 Å². The first-order chi connectivity index (χ1) is 9.37. The van der Waals surface area contributed by atoms with Gasteiger partial charge >= 0.3 is 0 Å². The predicted molar refractivity (Wildman–Crippen MR) is 80.3 cm³/mol. The van der Waals surface area contributed by atoms with E-state index in [4.69, 9.17) is 0 Å². The van der Waals surface area contributed by atoms with Crippen molar-refractivity contribution in [2.24, 2.45) is 0 Å². The smallest absolute Gasteiger partial charge is 0.100 e. The summed E-state index contributed by atoms with van der Waals surface area (Å²) < 4.78 is 0. The van der Waals surface area contributed by atoms with E-state index in [0.717, 1.165) is 18.7 Å². The van der Waals surface area contributed by atoms with E-state index in [-0.39, 0.29) is 5.54 Å². The Balaban J connectivity index is 2.15. The van der Waals surface area contributed by atoms with Crippen LogP contribution >= 0.6 is 0 Å². The second-order valence-corrected chi connectivity index (χ2v) is 6.73. The zero-order chi connectivity index (χ0) is 14.8. The van der Waals surface area contributed by atoms with Crippen LogP contribution in [0.2, 0.25) is 0 Å². The van der Waals surface area contributed by atoms with Crippen LogP contribution < -0.4 is 0 Å². The van der Waals surface area contributed by atoms with Crippen LogP contribution in [-0.4, -0.2) is 34.2 Å². The lowest BCUT2D eigenvalue weighted by molar-refractivity contribution is -0.0494. The molecule has 3 nitrogen and oxygen atoms in total. The molecule has 1 aliphatic heterocycles. The van der Waals surface area contributed by atoms with E-state index < -0.39 is 11.5 Å². The SMILES string of the molecule is CC(C)(C)N1CCC(O)(C(C#N)c2ccccc2)CC1. The Bertz CT molecular complexity index is 476. The molecule has 1 aliphatic rings. The maximum atomic E-state index is 10.9. The third-order valence-electron chi connectivity index (χ3n) is 4.38. The molecule has 1 unspecified atom stereocenters. The van der Waals surface area contributed by atoms with E-state index in [1.54, 1.807) is 0 Å². The summed E-state index contributed by atoms with van der Waals surface area (Å²) in [5.41, 5.74) is 0.135. The Kier molecular flexibility index (Phi) is 4.17. The number of hydrogen-bond acceptors (Lipinski definition) is 3. The molecule has 2 rings (SSSR count). The summed E-state index contributed by atoms with van der Waals surface area (Å²) in [6, 6.07) is 12.0. The fourth-order valence-electron chi connectivity index (χ4n) is 3.00. The molecule has 1 N–H and O–H groups in total. The van der Waals surface area contributed by atoms with E-state index in [2.05, 4.69) is 31.7 Å². The quantitative estimate of drug-likeness (QED) is 0.900. The van der Waals surface area contributed by atoms with Gasteiger partial charge in [0.25, 0.3) is 0 Å². The minimum Gasteiger partial charge on any atom is -0.388 e. The van der Waals surface area contributed by atoms with Gasteiger partial charge in [-0.15, -0.1) is 0 Å². The van der Waals surface area contributed by atoms with Gasteiger partial charge in [0, 0.05) is 18.6 Å². The van der Waals surface area contributed by atoms with Gasteiger partial charge in [-0.05, 0) is 39.2 Å². The molecule has 20 heavy (non-hydrogen) atoms. The van der Waals surface area contributed by atoms with E-state index in [1.165, 1.54) is 0 Å². The molecule has 1 heterocycles. The third kappa shape index (κ3) is 3.03. The topological polar surface area (TPSA) is 47.3 Å². The molecular formula is C17H24N2O. The number of rotatable bonds is 2. The van der Waals surface area contributed by atoms with Crippen molar-refractivity contribution < 1.29 is 5.11 Å². The second-order valence-electron chi connectivity index (χ2n) is 6.73. The molecule has 1 aromatic carbocycles. The molecule has 3 heteroatoms. The maximum Gasteiger partial charge on any atom is 0.100 e. The summed E-state index contributed by atoms with van der Waals surface area (Å²) in [5, 5.41) is 20.4. The van der Waals surface area contributed by atoms with Crippen LogP contribution in [0.3, 0.4) is 0 Å². The van der Waals surface area contributed by atoms with Crippen molar-refractivity contribution in [2.45, 2.75) is 50.7 Å². The van der Waals surface area contributed by atoms with Crippen LogP contribution in [0, 0.1) is 11.3 Å². The molecule has 0 radical (unpaired) electrons. The molecule has 0 bridgehead atoms. The van der Waals surface area contributed by atoms with Crippen LogP contribution in [0.5, 0.6) is 0 Å². The van der Waals surface area contributed by atoms with Crippen molar-refractivity contribution in [1.82, 2.24) is 4.90 Å². The Hall–Kier alpha value is -1.37. The summed E-state index contributed by atoms with van der Waals surface area (Å²) in [6.07, 6.45) is 1.30. The predicted octanol–water partition coefficient (Wildman–Crippen LogP) is 2.92. The summed E-state index contributed by atoms with van der Waals surface area (Å²) >= 11 is 0. The Morgan fingerprint density at radius 1 is 1.20 bits per heavy atom. The number of nitriles is 1. The fourth-order valence-corrected chi connectivity index (χ4v) is 3.00. The highest BCUT2D eigenvalue weighted by molar-refractivity contribution is 5.29. The molecule has 0 aliphatic carbocycles. The minimum atomic E-state index is -0.905. The van der Waals surface area contributed by atoms with Gasteiger partial charge in [0.05, 0.1) is 11.7 Å². The highest BCUT2D eigenvalue weighted by Crippen LogP contribution is 2.37. The van der Waals surface area contributed by atoms with E-state index in [9.17, 15) is 10.4 Å². The number of benzene rings is 1. The lowest BCUT2D eigenvalue weighted by Crippen LogP contribution is -2.53. The monoisotopic (exact) mass is 272 g/mol. The Morgan fingerprint density at radius 3 is 2.20 bits per heavy atom. The number of likely N-dealkylation sites (tertiary alicyclic amines) is 1. The summed E-state index contributed by atoms with van der Waals surface area (Å²) in [6.45, 7) is 8.25. The zero-order valence-corrected chi connectivity index (χ0v) is 12.6. The number of hydrogen-bond donors (Lipinski definition) is 1. The highest BCUT2D eigenvalue weighted by Gasteiger charge is 2.42. The molecule has 108 valence electrons. The van der Waals surface area contributed by atoms with Crippen LogP contribution in [0.15, 0.2) is 30.3 Å². The molecule has 1 atom stereocenters. The van der Waals surface area contributed by atoms with Crippen molar-refractivity contribution in [2.75, 3.05) is 13.1 Å². The van der Waals surface area contributed by atoms with Crippen molar-refractivity contribution in [3.05, 3.63) is 35.9 Å². The molecule has 0 aromatic heterocycles. The number of nitrogens with zero attached hydrogens (tertiary/aromatic N) is 2. The summed E-state index contributed by atoms with van der Waals surface area (Å²) in [4.78, 5) is 2.38. The van der Waals surface area contributed by atoms with Gasteiger partial charge in [-0.2, -0.15) is 5.26 Å². The van der Waals surface area contributed by atoms with Crippen LogP contribution in [0.4, 0.5) is 0 Å². The standard InChI is InChI=1S/C17H24N2O/c1-16(2,3)19-11-9-17(20,10-12-19)15(13-18)14-7-5-4-6-8-14/h4-8,15,20H,9-12H2,1-3H3. The van der Waals surface area contributed by atoms with Crippen LogP contribution in [-0.2, 0) is 0 Å². The lowest BCUT2D eigenvalue weighted by atomic mass is 9.76. The van der Waals surface area contributed by atoms with Gasteiger partial charge in [0.15, 0.2) is 0 Å². The minimum absolute atomic E-state index is 0.121. The van der Waals surface area contributed by atoms with E-state index >= 15 is 0 Å². The van der Waals surface area contributed by atoms with Crippen molar-refractivity contribution in [1.29, 1.82) is 5.26 Å². The van der Waals surface area contributed by atoms with Gasteiger partial charge in [-0.1, -0.05) is 30.3 Å². The normalized spacial score (nSPS) is 21.1. The van der Waals surface area contributed by atoms with Crippen molar-refractivity contribution >= 4 is 0 Å². The molecule has 0 spiro atoms. The Labute approximate surface area is 121 Å². The van der Waals surface area contributed by atoms with Crippen LogP contribution in [0.1, 0.15) is 45.1 Å². The molecule has 0 amide bonds. The second kappa shape index (κ2) is 5.55. The molecular weight excluding hydrogens is 248 g/mol. The summed E-state index contributed by atoms with van der Waals surface area (Å²) in [5.74, 6) is -0.439. The Morgan fingerprint density at radius 2 is 1.75 bits per heavy atom.